The zero-order valence-corrected chi connectivity index (χ0v) is 15.8. The van der Waals surface area contributed by atoms with Crippen LogP contribution in [-0.4, -0.2) is 17.0 Å². The molecule has 3 rings (SSSR count). The minimum atomic E-state index is -0.560. The molecule has 0 amide bonds. The molecule has 124 valence electrons. The molecule has 23 heavy (non-hydrogen) atoms. The lowest BCUT2D eigenvalue weighted by molar-refractivity contribution is -0.143. The van der Waals surface area contributed by atoms with E-state index in [-0.39, 0.29) is 5.78 Å². The van der Waals surface area contributed by atoms with Gasteiger partial charge in [0.05, 0.1) is 5.60 Å². The van der Waals surface area contributed by atoms with Gasteiger partial charge in [-0.3, -0.25) is 4.79 Å². The van der Waals surface area contributed by atoms with E-state index in [9.17, 15) is 4.79 Å². The van der Waals surface area contributed by atoms with Gasteiger partial charge in [-0.15, -0.1) is 0 Å². The van der Waals surface area contributed by atoms with E-state index in [0.29, 0.717) is 0 Å². The summed E-state index contributed by atoms with van der Waals surface area (Å²) in [6.07, 6.45) is 8.14. The second-order valence-corrected chi connectivity index (χ2v) is 8.17. The van der Waals surface area contributed by atoms with E-state index >= 15 is 0 Å². The van der Waals surface area contributed by atoms with Gasteiger partial charge in [0.25, 0.3) is 0 Å². The highest BCUT2D eigenvalue weighted by Crippen LogP contribution is 2.47. The second kappa shape index (κ2) is 6.18. The maximum Gasteiger partial charge on any atom is 0.193 e. The van der Waals surface area contributed by atoms with Gasteiger partial charge in [0, 0.05) is 10.0 Å². The number of rotatable bonds is 2. The first-order valence-electron chi connectivity index (χ1n) is 8.63. The van der Waals surface area contributed by atoms with E-state index in [4.69, 9.17) is 4.74 Å². The number of aryl methyl sites for hydroxylation is 1. The first kappa shape index (κ1) is 16.9. The number of Topliss-reactive ketones (excluding diaryl/α,β-unsaturated/α-hetero) is 1. The van der Waals surface area contributed by atoms with Crippen molar-refractivity contribution in [2.45, 2.75) is 70.5 Å². The van der Waals surface area contributed by atoms with Gasteiger partial charge in [0.2, 0.25) is 0 Å². The molecule has 3 heteroatoms. The normalized spacial score (nSPS) is 24.5. The first-order valence-corrected chi connectivity index (χ1v) is 9.43. The molecule has 0 aromatic heterocycles. The SMILES string of the molecule is CCc1cc(Br)ccc1C=C1C(=O)C2(CCCCC2)OC1(C)C. The largest absolute Gasteiger partial charge is 0.356 e. The van der Waals surface area contributed by atoms with Crippen molar-refractivity contribution in [1.82, 2.24) is 0 Å². The molecule has 1 saturated heterocycles. The Morgan fingerprint density at radius 3 is 2.57 bits per heavy atom. The Balaban J connectivity index is 2.03. The number of ketones is 1. The van der Waals surface area contributed by atoms with Crippen LogP contribution >= 0.6 is 15.9 Å². The minimum absolute atomic E-state index is 0.215. The number of hydrogen-bond acceptors (Lipinski definition) is 2. The number of hydrogen-bond donors (Lipinski definition) is 0. The minimum Gasteiger partial charge on any atom is -0.356 e. The summed E-state index contributed by atoms with van der Waals surface area (Å²) in [5, 5.41) is 0. The molecular formula is C20H25BrO2. The van der Waals surface area contributed by atoms with Crippen LogP contribution < -0.4 is 0 Å². The summed E-state index contributed by atoms with van der Waals surface area (Å²) in [5.41, 5.74) is 2.14. The Kier molecular flexibility index (Phi) is 4.54. The fraction of sp³-hybridized carbons (Fsp3) is 0.550. The predicted molar refractivity (Wildman–Crippen MR) is 97.5 cm³/mol. The summed E-state index contributed by atoms with van der Waals surface area (Å²) in [6, 6.07) is 6.26. The molecule has 0 N–H and O–H groups in total. The summed E-state index contributed by atoms with van der Waals surface area (Å²) in [5.74, 6) is 0.215. The number of carbonyl (C=O) groups excluding carboxylic acids is 1. The third kappa shape index (κ3) is 3.06. The molecule has 0 unspecified atom stereocenters. The molecule has 1 aliphatic heterocycles. The van der Waals surface area contributed by atoms with Crippen LogP contribution in [0.1, 0.15) is 64.0 Å². The highest BCUT2D eigenvalue weighted by Gasteiger charge is 2.54. The number of halogens is 1. The second-order valence-electron chi connectivity index (χ2n) is 7.25. The monoisotopic (exact) mass is 376 g/mol. The van der Waals surface area contributed by atoms with Crippen molar-refractivity contribution in [1.29, 1.82) is 0 Å². The summed E-state index contributed by atoms with van der Waals surface area (Å²) < 4.78 is 7.42. The Morgan fingerprint density at radius 1 is 1.22 bits per heavy atom. The van der Waals surface area contributed by atoms with E-state index < -0.39 is 11.2 Å². The molecule has 1 saturated carbocycles. The quantitative estimate of drug-likeness (QED) is 0.639. The Labute approximate surface area is 147 Å². The molecule has 0 radical (unpaired) electrons. The topological polar surface area (TPSA) is 26.3 Å². The van der Waals surface area contributed by atoms with Crippen LogP contribution in [0.25, 0.3) is 6.08 Å². The lowest BCUT2D eigenvalue weighted by Crippen LogP contribution is -2.39. The van der Waals surface area contributed by atoms with Gasteiger partial charge in [0.15, 0.2) is 5.78 Å². The lowest BCUT2D eigenvalue weighted by Gasteiger charge is -2.32. The Bertz CT molecular complexity index is 652. The zero-order valence-electron chi connectivity index (χ0n) is 14.2. The molecular weight excluding hydrogens is 352 g/mol. The summed E-state index contributed by atoms with van der Waals surface area (Å²) in [4.78, 5) is 13.2. The third-order valence-electron chi connectivity index (χ3n) is 5.20. The average molecular weight is 377 g/mol. The van der Waals surface area contributed by atoms with Gasteiger partial charge in [-0.25, -0.2) is 0 Å². The van der Waals surface area contributed by atoms with Crippen molar-refractivity contribution in [2.24, 2.45) is 0 Å². The molecule has 0 bridgehead atoms. The van der Waals surface area contributed by atoms with Crippen LogP contribution in [0.15, 0.2) is 28.2 Å². The molecule has 1 aromatic rings. The van der Waals surface area contributed by atoms with Crippen LogP contribution in [-0.2, 0) is 16.0 Å². The van der Waals surface area contributed by atoms with Crippen LogP contribution in [0.4, 0.5) is 0 Å². The van der Waals surface area contributed by atoms with Crippen molar-refractivity contribution in [3.8, 4) is 0 Å². The molecule has 1 aliphatic carbocycles. The van der Waals surface area contributed by atoms with E-state index in [1.165, 1.54) is 12.0 Å². The first-order chi connectivity index (χ1) is 10.9. The van der Waals surface area contributed by atoms with E-state index in [0.717, 1.165) is 47.7 Å². The average Bonchev–Trinajstić information content (AvgIpc) is 2.69. The predicted octanol–water partition coefficient (Wildman–Crippen LogP) is 5.48. The maximum absolute atomic E-state index is 13.2. The third-order valence-corrected chi connectivity index (χ3v) is 5.70. The van der Waals surface area contributed by atoms with Gasteiger partial charge >= 0.3 is 0 Å². The van der Waals surface area contributed by atoms with E-state index in [2.05, 4.69) is 41.1 Å². The maximum atomic E-state index is 13.2. The van der Waals surface area contributed by atoms with Gasteiger partial charge in [-0.2, -0.15) is 0 Å². The van der Waals surface area contributed by atoms with Crippen molar-refractivity contribution in [3.05, 3.63) is 39.4 Å². The van der Waals surface area contributed by atoms with E-state index in [1.807, 2.05) is 19.9 Å². The van der Waals surface area contributed by atoms with Gasteiger partial charge in [0.1, 0.15) is 5.60 Å². The van der Waals surface area contributed by atoms with Crippen molar-refractivity contribution < 1.29 is 9.53 Å². The lowest BCUT2D eigenvalue weighted by atomic mass is 9.79. The Morgan fingerprint density at radius 2 is 1.91 bits per heavy atom. The van der Waals surface area contributed by atoms with Crippen molar-refractivity contribution in [2.75, 3.05) is 0 Å². The summed E-state index contributed by atoms with van der Waals surface area (Å²) in [7, 11) is 0. The fourth-order valence-electron chi connectivity index (χ4n) is 3.98. The van der Waals surface area contributed by atoms with Gasteiger partial charge < -0.3 is 4.74 Å². The molecule has 2 nitrogen and oxygen atoms in total. The molecule has 1 heterocycles. The van der Waals surface area contributed by atoms with Crippen LogP contribution in [0.2, 0.25) is 0 Å². The summed E-state index contributed by atoms with van der Waals surface area (Å²) in [6.45, 7) is 6.21. The van der Waals surface area contributed by atoms with Crippen LogP contribution in [0.5, 0.6) is 0 Å². The highest BCUT2D eigenvalue weighted by molar-refractivity contribution is 9.10. The van der Waals surface area contributed by atoms with Crippen LogP contribution in [0.3, 0.4) is 0 Å². The molecule has 2 fully saturated rings. The van der Waals surface area contributed by atoms with Crippen molar-refractivity contribution in [3.63, 3.8) is 0 Å². The number of ether oxygens (including phenoxy) is 1. The Hall–Kier alpha value is -0.930. The van der Waals surface area contributed by atoms with Gasteiger partial charge in [-0.1, -0.05) is 48.2 Å². The fourth-order valence-corrected chi connectivity index (χ4v) is 4.39. The molecule has 2 aliphatic rings. The van der Waals surface area contributed by atoms with E-state index in [1.54, 1.807) is 0 Å². The number of carbonyl (C=O) groups is 1. The zero-order chi connectivity index (χ0) is 16.7. The van der Waals surface area contributed by atoms with Crippen LogP contribution in [0, 0.1) is 0 Å². The summed E-state index contributed by atoms with van der Waals surface area (Å²) >= 11 is 3.53. The molecule has 1 aromatic carbocycles. The molecule has 0 atom stereocenters. The van der Waals surface area contributed by atoms with Gasteiger partial charge in [-0.05, 0) is 62.4 Å². The standard InChI is InChI=1S/C20H25BrO2/c1-4-14-12-16(21)9-8-15(14)13-17-18(22)20(23-19(17,2)3)10-6-5-7-11-20/h8-9,12-13H,4-7,10-11H2,1-3H3. The van der Waals surface area contributed by atoms with Crippen molar-refractivity contribution >= 4 is 27.8 Å². The molecule has 1 spiro atoms. The smallest absolute Gasteiger partial charge is 0.193 e. The highest BCUT2D eigenvalue weighted by atomic mass is 79.9. The number of benzene rings is 1.